The second kappa shape index (κ2) is 7.24. The van der Waals surface area contributed by atoms with Gasteiger partial charge in [-0.25, -0.2) is 0 Å². The van der Waals surface area contributed by atoms with Crippen molar-refractivity contribution >= 4 is 17.5 Å². The lowest BCUT2D eigenvalue weighted by Gasteiger charge is -2.10. The number of alkyl halides is 3. The van der Waals surface area contributed by atoms with Crippen LogP contribution in [0.15, 0.2) is 30.5 Å². The number of amides is 2. The van der Waals surface area contributed by atoms with E-state index in [0.717, 1.165) is 0 Å². The summed E-state index contributed by atoms with van der Waals surface area (Å²) in [6, 6.07) is 5.29. The Hall–Kier alpha value is -3.04. The fourth-order valence-electron chi connectivity index (χ4n) is 1.95. The Balaban J connectivity index is 2.15. The Labute approximate surface area is 140 Å². The molecule has 0 saturated carbocycles. The van der Waals surface area contributed by atoms with Gasteiger partial charge in [0.25, 0.3) is 11.8 Å². The highest BCUT2D eigenvalue weighted by Crippen LogP contribution is 2.20. The molecular formula is C15H15F3N4O3. The summed E-state index contributed by atoms with van der Waals surface area (Å²) in [6.45, 7) is -1.46. The maximum Gasteiger partial charge on any atom is 0.422 e. The van der Waals surface area contributed by atoms with Crippen LogP contribution in [0.2, 0.25) is 0 Å². The number of rotatable bonds is 5. The molecule has 0 atom stereocenters. The number of hydrogen-bond acceptors (Lipinski definition) is 4. The van der Waals surface area contributed by atoms with Crippen LogP contribution >= 0.6 is 0 Å². The van der Waals surface area contributed by atoms with Crippen molar-refractivity contribution in [2.24, 2.45) is 7.05 Å². The van der Waals surface area contributed by atoms with Crippen LogP contribution in [-0.2, 0) is 7.05 Å². The van der Waals surface area contributed by atoms with Crippen molar-refractivity contribution in [3.8, 4) is 5.75 Å². The Morgan fingerprint density at radius 2 is 2.00 bits per heavy atom. The SMILES string of the molecule is CNC(=O)c1nn(C)cc1NC(=O)c1cccc(OCC(F)(F)F)c1. The van der Waals surface area contributed by atoms with Crippen LogP contribution in [0.3, 0.4) is 0 Å². The van der Waals surface area contributed by atoms with E-state index in [1.807, 2.05) is 0 Å². The lowest BCUT2D eigenvalue weighted by Crippen LogP contribution is -2.21. The fraction of sp³-hybridized carbons (Fsp3) is 0.267. The van der Waals surface area contributed by atoms with Gasteiger partial charge in [-0.2, -0.15) is 18.3 Å². The number of nitrogens with one attached hydrogen (secondary N) is 2. The normalized spacial score (nSPS) is 11.1. The van der Waals surface area contributed by atoms with E-state index in [4.69, 9.17) is 0 Å². The van der Waals surface area contributed by atoms with E-state index < -0.39 is 24.6 Å². The summed E-state index contributed by atoms with van der Waals surface area (Å²) < 4.78 is 42.5. The van der Waals surface area contributed by atoms with Gasteiger partial charge in [0.05, 0.1) is 5.69 Å². The highest BCUT2D eigenvalue weighted by Gasteiger charge is 2.28. The maximum absolute atomic E-state index is 12.3. The Kier molecular flexibility index (Phi) is 5.30. The van der Waals surface area contributed by atoms with Crippen molar-refractivity contribution in [3.05, 3.63) is 41.7 Å². The van der Waals surface area contributed by atoms with Crippen LogP contribution < -0.4 is 15.4 Å². The van der Waals surface area contributed by atoms with Crippen LogP contribution in [0, 0.1) is 0 Å². The third-order valence-corrected chi connectivity index (χ3v) is 3.02. The standard InChI is InChI=1S/C15H15F3N4O3/c1-19-14(24)12-11(7-22(2)21-12)20-13(23)9-4-3-5-10(6-9)25-8-15(16,17)18/h3-7H,8H2,1-2H3,(H,19,24)(H,20,23). The minimum Gasteiger partial charge on any atom is -0.484 e. The number of nitrogens with zero attached hydrogens (tertiary/aromatic N) is 2. The lowest BCUT2D eigenvalue weighted by molar-refractivity contribution is -0.153. The highest BCUT2D eigenvalue weighted by atomic mass is 19.4. The summed E-state index contributed by atoms with van der Waals surface area (Å²) in [5.41, 5.74) is 0.266. The molecule has 7 nitrogen and oxygen atoms in total. The Morgan fingerprint density at radius 1 is 1.28 bits per heavy atom. The molecule has 1 heterocycles. The van der Waals surface area contributed by atoms with Crippen LogP contribution in [0.1, 0.15) is 20.8 Å². The number of carbonyl (C=O) groups is 2. The van der Waals surface area contributed by atoms with Gasteiger partial charge in [0, 0.05) is 25.9 Å². The van der Waals surface area contributed by atoms with Crippen LogP contribution in [0.4, 0.5) is 18.9 Å². The molecule has 2 rings (SSSR count). The Bertz CT molecular complexity index is 787. The number of anilines is 1. The number of aromatic nitrogens is 2. The summed E-state index contributed by atoms with van der Waals surface area (Å²) in [5.74, 6) is -1.20. The molecule has 2 N–H and O–H groups in total. The minimum atomic E-state index is -4.48. The maximum atomic E-state index is 12.3. The first-order valence-electron chi connectivity index (χ1n) is 7.06. The molecule has 0 spiro atoms. The second-order valence-electron chi connectivity index (χ2n) is 5.03. The third kappa shape index (κ3) is 4.96. The van der Waals surface area contributed by atoms with E-state index in [9.17, 15) is 22.8 Å². The van der Waals surface area contributed by atoms with Crippen molar-refractivity contribution in [1.82, 2.24) is 15.1 Å². The molecule has 1 aromatic heterocycles. The van der Waals surface area contributed by atoms with E-state index in [0.29, 0.717) is 0 Å². The molecule has 0 aliphatic rings. The topological polar surface area (TPSA) is 85.3 Å². The zero-order valence-electron chi connectivity index (χ0n) is 13.3. The predicted octanol–water partition coefficient (Wildman–Crippen LogP) is 1.97. The smallest absolute Gasteiger partial charge is 0.422 e. The zero-order valence-corrected chi connectivity index (χ0v) is 13.3. The molecule has 2 aromatic rings. The molecule has 0 aliphatic carbocycles. The van der Waals surface area contributed by atoms with Crippen molar-refractivity contribution in [1.29, 1.82) is 0 Å². The van der Waals surface area contributed by atoms with E-state index in [-0.39, 0.29) is 22.7 Å². The average Bonchev–Trinajstić information content (AvgIpc) is 2.92. The molecule has 0 bridgehead atoms. The summed E-state index contributed by atoms with van der Waals surface area (Å²) >= 11 is 0. The Morgan fingerprint density at radius 3 is 2.64 bits per heavy atom. The third-order valence-electron chi connectivity index (χ3n) is 3.02. The molecule has 10 heteroatoms. The van der Waals surface area contributed by atoms with Gasteiger partial charge in [-0.05, 0) is 18.2 Å². The van der Waals surface area contributed by atoms with Crippen LogP contribution in [0.5, 0.6) is 5.75 Å². The van der Waals surface area contributed by atoms with Crippen molar-refractivity contribution in [2.45, 2.75) is 6.18 Å². The molecule has 0 unspecified atom stereocenters. The minimum absolute atomic E-state index is 0.0165. The van der Waals surface area contributed by atoms with Crippen molar-refractivity contribution in [3.63, 3.8) is 0 Å². The fourth-order valence-corrected chi connectivity index (χ4v) is 1.95. The second-order valence-corrected chi connectivity index (χ2v) is 5.03. The number of aryl methyl sites for hydroxylation is 1. The van der Waals surface area contributed by atoms with Gasteiger partial charge in [-0.15, -0.1) is 0 Å². The molecular weight excluding hydrogens is 341 g/mol. The highest BCUT2D eigenvalue weighted by molar-refractivity contribution is 6.08. The number of hydrogen-bond donors (Lipinski definition) is 2. The van der Waals surface area contributed by atoms with E-state index in [1.165, 1.54) is 42.2 Å². The first-order valence-corrected chi connectivity index (χ1v) is 7.06. The number of halogens is 3. The quantitative estimate of drug-likeness (QED) is 0.858. The van der Waals surface area contributed by atoms with Gasteiger partial charge in [0.15, 0.2) is 12.3 Å². The number of ether oxygens (including phenoxy) is 1. The van der Waals surface area contributed by atoms with E-state index >= 15 is 0 Å². The van der Waals surface area contributed by atoms with Gasteiger partial charge in [0.1, 0.15) is 5.75 Å². The number of benzene rings is 1. The molecule has 25 heavy (non-hydrogen) atoms. The summed E-state index contributed by atoms with van der Waals surface area (Å²) in [6.07, 6.45) is -3.04. The van der Waals surface area contributed by atoms with Crippen LogP contribution in [-0.4, -0.2) is 41.4 Å². The molecule has 1 aromatic carbocycles. The van der Waals surface area contributed by atoms with E-state index in [1.54, 1.807) is 7.05 Å². The van der Waals surface area contributed by atoms with Crippen LogP contribution in [0.25, 0.3) is 0 Å². The molecule has 0 aliphatic heterocycles. The summed E-state index contributed by atoms with van der Waals surface area (Å²) in [7, 11) is 3.00. The molecule has 2 amide bonds. The van der Waals surface area contributed by atoms with Gasteiger partial charge >= 0.3 is 6.18 Å². The first kappa shape index (κ1) is 18.3. The van der Waals surface area contributed by atoms with Gasteiger partial charge in [0.2, 0.25) is 0 Å². The molecule has 0 fully saturated rings. The zero-order chi connectivity index (χ0) is 18.6. The summed E-state index contributed by atoms with van der Waals surface area (Å²) in [5, 5.41) is 8.84. The predicted molar refractivity (Wildman–Crippen MR) is 82.5 cm³/mol. The lowest BCUT2D eigenvalue weighted by atomic mass is 10.2. The van der Waals surface area contributed by atoms with Crippen molar-refractivity contribution in [2.75, 3.05) is 19.0 Å². The average molecular weight is 356 g/mol. The van der Waals surface area contributed by atoms with E-state index in [2.05, 4.69) is 20.5 Å². The first-order chi connectivity index (χ1) is 11.7. The van der Waals surface area contributed by atoms with Crippen molar-refractivity contribution < 1.29 is 27.5 Å². The monoisotopic (exact) mass is 356 g/mol. The van der Waals surface area contributed by atoms with Gasteiger partial charge < -0.3 is 15.4 Å². The van der Waals surface area contributed by atoms with Gasteiger partial charge in [-0.1, -0.05) is 6.07 Å². The summed E-state index contributed by atoms with van der Waals surface area (Å²) in [4.78, 5) is 24.0. The van der Waals surface area contributed by atoms with Gasteiger partial charge in [-0.3, -0.25) is 14.3 Å². The largest absolute Gasteiger partial charge is 0.484 e. The number of carbonyl (C=O) groups excluding carboxylic acids is 2. The molecule has 0 saturated heterocycles. The molecule has 134 valence electrons. The molecule has 0 radical (unpaired) electrons.